The lowest BCUT2D eigenvalue weighted by Crippen LogP contribution is -2.28. The van der Waals surface area contributed by atoms with E-state index in [1.165, 1.54) is 6.07 Å². The summed E-state index contributed by atoms with van der Waals surface area (Å²) in [6, 6.07) is 12.5. The van der Waals surface area contributed by atoms with Gasteiger partial charge in [-0.15, -0.1) is 0 Å². The van der Waals surface area contributed by atoms with E-state index in [1.807, 2.05) is 0 Å². The summed E-state index contributed by atoms with van der Waals surface area (Å²) in [5.74, 6) is -0.228. The van der Waals surface area contributed by atoms with Crippen LogP contribution in [0.3, 0.4) is 0 Å². The number of fused-ring (bicyclic) bond motifs is 1. The number of anilines is 1. The lowest BCUT2D eigenvalue weighted by molar-refractivity contribution is -0.117. The topological polar surface area (TPSA) is 108 Å². The van der Waals surface area contributed by atoms with Crippen molar-refractivity contribution < 1.29 is 18.3 Å². The SMILES string of the molecule is C[C@H](N=C1NS(=O)(=O)c2ccccc21)C(=O)Nc1cccc(CO)c1. The molecule has 130 valence electrons. The first-order chi connectivity index (χ1) is 11.9. The second-order valence-electron chi connectivity index (χ2n) is 5.60. The predicted octanol–water partition coefficient (Wildman–Crippen LogP) is 1.24. The quantitative estimate of drug-likeness (QED) is 0.763. The van der Waals surface area contributed by atoms with E-state index >= 15 is 0 Å². The van der Waals surface area contributed by atoms with Crippen LogP contribution < -0.4 is 10.0 Å². The zero-order chi connectivity index (χ0) is 18.0. The van der Waals surface area contributed by atoms with Crippen molar-refractivity contribution in [1.82, 2.24) is 4.72 Å². The number of carbonyl (C=O) groups is 1. The third-order valence-electron chi connectivity index (χ3n) is 3.74. The number of rotatable bonds is 4. The van der Waals surface area contributed by atoms with E-state index in [2.05, 4.69) is 15.0 Å². The molecule has 2 aromatic carbocycles. The minimum Gasteiger partial charge on any atom is -0.392 e. The number of hydrogen-bond acceptors (Lipinski definition) is 5. The van der Waals surface area contributed by atoms with Gasteiger partial charge in [-0.3, -0.25) is 14.5 Å². The van der Waals surface area contributed by atoms with Gasteiger partial charge in [0.1, 0.15) is 11.9 Å². The molecule has 0 saturated carbocycles. The van der Waals surface area contributed by atoms with E-state index in [4.69, 9.17) is 5.11 Å². The summed E-state index contributed by atoms with van der Waals surface area (Å²) >= 11 is 0. The van der Waals surface area contributed by atoms with E-state index in [0.29, 0.717) is 16.8 Å². The molecule has 0 bridgehead atoms. The molecule has 0 saturated heterocycles. The van der Waals surface area contributed by atoms with Crippen molar-refractivity contribution in [3.63, 3.8) is 0 Å². The Morgan fingerprint density at radius 2 is 2.00 bits per heavy atom. The van der Waals surface area contributed by atoms with Crippen LogP contribution in [-0.2, 0) is 21.4 Å². The molecule has 1 amide bonds. The fourth-order valence-corrected chi connectivity index (χ4v) is 3.72. The lowest BCUT2D eigenvalue weighted by atomic mass is 10.2. The number of nitrogens with one attached hydrogen (secondary N) is 2. The largest absolute Gasteiger partial charge is 0.392 e. The molecule has 25 heavy (non-hydrogen) atoms. The van der Waals surface area contributed by atoms with E-state index in [9.17, 15) is 13.2 Å². The van der Waals surface area contributed by atoms with E-state index in [1.54, 1.807) is 49.4 Å². The molecular weight excluding hydrogens is 342 g/mol. The maximum Gasteiger partial charge on any atom is 0.263 e. The highest BCUT2D eigenvalue weighted by Crippen LogP contribution is 2.22. The Morgan fingerprint density at radius 3 is 2.76 bits per heavy atom. The molecule has 0 radical (unpaired) electrons. The molecule has 0 aromatic heterocycles. The third-order valence-corrected chi connectivity index (χ3v) is 5.14. The number of aliphatic imine (C=N–C) groups is 1. The molecule has 0 aliphatic carbocycles. The summed E-state index contributed by atoms with van der Waals surface area (Å²) in [4.78, 5) is 16.7. The Bertz CT molecular complexity index is 954. The van der Waals surface area contributed by atoms with Gasteiger partial charge >= 0.3 is 0 Å². The number of aliphatic hydroxyl groups excluding tert-OH is 1. The Labute approximate surface area is 145 Å². The van der Waals surface area contributed by atoms with Crippen LogP contribution in [0.2, 0.25) is 0 Å². The molecule has 2 aromatic rings. The van der Waals surface area contributed by atoms with Gasteiger partial charge in [-0.05, 0) is 36.8 Å². The Morgan fingerprint density at radius 1 is 1.24 bits per heavy atom. The normalized spacial score (nSPS) is 17.6. The predicted molar refractivity (Wildman–Crippen MR) is 93.8 cm³/mol. The second-order valence-corrected chi connectivity index (χ2v) is 7.25. The number of hydrogen-bond donors (Lipinski definition) is 3. The van der Waals surface area contributed by atoms with Crippen LogP contribution in [0.15, 0.2) is 58.4 Å². The molecule has 0 spiro atoms. The monoisotopic (exact) mass is 359 g/mol. The maximum atomic E-state index is 12.3. The van der Waals surface area contributed by atoms with Crippen molar-refractivity contribution in [3.8, 4) is 0 Å². The summed E-state index contributed by atoms with van der Waals surface area (Å²) in [5.41, 5.74) is 1.66. The van der Waals surface area contributed by atoms with Crippen molar-refractivity contribution in [2.45, 2.75) is 24.5 Å². The number of amidine groups is 1. The molecule has 7 nitrogen and oxygen atoms in total. The second kappa shape index (κ2) is 6.66. The van der Waals surface area contributed by atoms with Gasteiger partial charge in [0.05, 0.1) is 11.5 Å². The molecule has 0 fully saturated rings. The van der Waals surface area contributed by atoms with Crippen LogP contribution in [0.4, 0.5) is 5.69 Å². The van der Waals surface area contributed by atoms with Crippen molar-refractivity contribution in [2.75, 3.05) is 5.32 Å². The van der Waals surface area contributed by atoms with Crippen molar-refractivity contribution in [3.05, 3.63) is 59.7 Å². The number of sulfonamides is 1. The minimum atomic E-state index is -3.63. The standard InChI is InChI=1S/C17H17N3O4S/c1-11(17(22)19-13-6-4-5-12(9-13)10-21)18-16-14-7-2-3-8-15(14)25(23,24)20-16/h2-9,11,21H,10H2,1H3,(H,18,20)(H,19,22)/t11-/m0/s1. The van der Waals surface area contributed by atoms with Crippen molar-refractivity contribution in [2.24, 2.45) is 4.99 Å². The van der Waals surface area contributed by atoms with Gasteiger partial charge in [-0.1, -0.05) is 24.3 Å². The summed E-state index contributed by atoms with van der Waals surface area (Å²) in [6.07, 6.45) is 0. The number of amides is 1. The highest BCUT2D eigenvalue weighted by atomic mass is 32.2. The van der Waals surface area contributed by atoms with Crippen LogP contribution >= 0.6 is 0 Å². The van der Waals surface area contributed by atoms with Crippen LogP contribution in [0.25, 0.3) is 0 Å². The van der Waals surface area contributed by atoms with Crippen LogP contribution in [0, 0.1) is 0 Å². The molecule has 1 heterocycles. The first kappa shape index (κ1) is 17.1. The first-order valence-corrected chi connectivity index (χ1v) is 9.10. The van der Waals surface area contributed by atoms with Crippen LogP contribution in [0.5, 0.6) is 0 Å². The van der Waals surface area contributed by atoms with Crippen LogP contribution in [-0.4, -0.2) is 31.3 Å². The van der Waals surface area contributed by atoms with Crippen molar-refractivity contribution >= 4 is 27.5 Å². The molecular formula is C17H17N3O4S. The van der Waals surface area contributed by atoms with Gasteiger partial charge in [0.15, 0.2) is 0 Å². The molecule has 3 N–H and O–H groups in total. The van der Waals surface area contributed by atoms with E-state index in [-0.39, 0.29) is 23.2 Å². The molecule has 8 heteroatoms. The smallest absolute Gasteiger partial charge is 0.263 e. The average Bonchev–Trinajstić information content (AvgIpc) is 2.86. The highest BCUT2D eigenvalue weighted by Gasteiger charge is 2.31. The third kappa shape index (κ3) is 3.54. The number of carbonyl (C=O) groups excluding carboxylic acids is 1. The fourth-order valence-electron chi connectivity index (χ4n) is 2.48. The summed E-state index contributed by atoms with van der Waals surface area (Å²) in [6.45, 7) is 1.45. The molecule has 1 aliphatic rings. The molecule has 1 aliphatic heterocycles. The maximum absolute atomic E-state index is 12.3. The number of aliphatic hydroxyl groups is 1. The summed E-state index contributed by atoms with van der Waals surface area (Å²) < 4.78 is 26.5. The van der Waals surface area contributed by atoms with Gasteiger partial charge in [0.25, 0.3) is 10.0 Å². The average molecular weight is 359 g/mol. The zero-order valence-corrected chi connectivity index (χ0v) is 14.2. The lowest BCUT2D eigenvalue weighted by Gasteiger charge is -2.10. The van der Waals surface area contributed by atoms with E-state index in [0.717, 1.165) is 0 Å². The molecule has 3 rings (SSSR count). The zero-order valence-electron chi connectivity index (χ0n) is 13.4. The highest BCUT2D eigenvalue weighted by molar-refractivity contribution is 7.90. The Hall–Kier alpha value is -2.71. The number of nitrogens with zero attached hydrogens (tertiary/aromatic N) is 1. The van der Waals surface area contributed by atoms with Gasteiger partial charge in [-0.25, -0.2) is 8.42 Å². The molecule has 0 unspecified atom stereocenters. The van der Waals surface area contributed by atoms with Gasteiger partial charge in [-0.2, -0.15) is 0 Å². The Kier molecular flexibility index (Phi) is 4.56. The van der Waals surface area contributed by atoms with Gasteiger partial charge in [0.2, 0.25) is 5.91 Å². The van der Waals surface area contributed by atoms with Crippen molar-refractivity contribution in [1.29, 1.82) is 0 Å². The summed E-state index contributed by atoms with van der Waals surface area (Å²) in [7, 11) is -3.63. The number of benzene rings is 2. The Balaban J connectivity index is 1.81. The first-order valence-electron chi connectivity index (χ1n) is 7.61. The molecule has 1 atom stereocenters. The fraction of sp³-hybridized carbons (Fsp3) is 0.176. The van der Waals surface area contributed by atoms with Gasteiger partial charge in [0, 0.05) is 11.3 Å². The van der Waals surface area contributed by atoms with Gasteiger partial charge < -0.3 is 10.4 Å². The summed E-state index contributed by atoms with van der Waals surface area (Å²) in [5, 5.41) is 11.8. The minimum absolute atomic E-state index is 0.125. The van der Waals surface area contributed by atoms with E-state index < -0.39 is 16.1 Å². The van der Waals surface area contributed by atoms with Crippen LogP contribution in [0.1, 0.15) is 18.1 Å².